The van der Waals surface area contributed by atoms with E-state index in [1.54, 1.807) is 0 Å². The number of halogens is 1. The molecule has 0 N–H and O–H groups in total. The third-order valence-corrected chi connectivity index (χ3v) is 2.25. The quantitative estimate of drug-likeness (QED) is 0.574. The van der Waals surface area contributed by atoms with Gasteiger partial charge >= 0.3 is 5.97 Å². The predicted molar refractivity (Wildman–Crippen MR) is 51.8 cm³/mol. The molecule has 4 nitrogen and oxygen atoms in total. The second kappa shape index (κ2) is 4.30. The summed E-state index contributed by atoms with van der Waals surface area (Å²) < 4.78 is 23.2. The van der Waals surface area contributed by atoms with Crippen molar-refractivity contribution in [2.45, 2.75) is 12.5 Å². The van der Waals surface area contributed by atoms with E-state index in [2.05, 4.69) is 4.74 Å². The van der Waals surface area contributed by atoms with Crippen molar-refractivity contribution in [2.75, 3.05) is 6.61 Å². The highest BCUT2D eigenvalue weighted by molar-refractivity contribution is 5.77. The first-order valence-electron chi connectivity index (χ1n) is 4.79. The molecule has 1 aromatic rings. The van der Waals surface area contributed by atoms with Crippen molar-refractivity contribution in [1.82, 2.24) is 0 Å². The monoisotopic (exact) mass is 224 g/mol. The summed E-state index contributed by atoms with van der Waals surface area (Å²) in [5.41, 5.74) is 0.221. The van der Waals surface area contributed by atoms with Gasteiger partial charge in [0.25, 0.3) is 0 Å². The lowest BCUT2D eigenvalue weighted by atomic mass is 10.2. The minimum atomic E-state index is -0.753. The summed E-state index contributed by atoms with van der Waals surface area (Å²) in [4.78, 5) is 21.5. The van der Waals surface area contributed by atoms with Crippen molar-refractivity contribution in [1.29, 1.82) is 0 Å². The van der Waals surface area contributed by atoms with Crippen LogP contribution in [-0.2, 0) is 9.53 Å². The van der Waals surface area contributed by atoms with Crippen LogP contribution in [0.3, 0.4) is 0 Å². The minimum absolute atomic E-state index is 0.0468. The van der Waals surface area contributed by atoms with Crippen LogP contribution in [0.2, 0.25) is 0 Å². The Kier molecular flexibility index (Phi) is 2.85. The molecule has 1 aliphatic heterocycles. The molecule has 1 aromatic carbocycles. The summed E-state index contributed by atoms with van der Waals surface area (Å²) in [6.45, 7) is 0.289. The average Bonchev–Trinajstić information content (AvgIpc) is 2.67. The van der Waals surface area contributed by atoms with E-state index in [-0.39, 0.29) is 17.9 Å². The van der Waals surface area contributed by atoms with Crippen molar-refractivity contribution < 1.29 is 23.5 Å². The van der Waals surface area contributed by atoms with Crippen LogP contribution in [-0.4, -0.2) is 25.0 Å². The third kappa shape index (κ3) is 2.03. The zero-order chi connectivity index (χ0) is 11.5. The molecule has 5 heteroatoms. The van der Waals surface area contributed by atoms with Gasteiger partial charge in [-0.2, -0.15) is 0 Å². The van der Waals surface area contributed by atoms with Crippen molar-refractivity contribution in [3.8, 4) is 5.75 Å². The zero-order valence-electron chi connectivity index (χ0n) is 8.31. The van der Waals surface area contributed by atoms with E-state index < -0.39 is 17.9 Å². The normalized spacial score (nSPS) is 19.3. The summed E-state index contributed by atoms with van der Waals surface area (Å²) in [5.74, 6) is -1.20. The molecule has 1 saturated heterocycles. The molecule has 0 aliphatic carbocycles. The van der Waals surface area contributed by atoms with Gasteiger partial charge in [-0.15, -0.1) is 0 Å². The Morgan fingerprint density at radius 1 is 1.50 bits per heavy atom. The van der Waals surface area contributed by atoms with Crippen LogP contribution >= 0.6 is 0 Å². The Hall–Kier alpha value is -1.91. The molecular formula is C11H9FO4. The Morgan fingerprint density at radius 3 is 2.88 bits per heavy atom. The molecule has 2 rings (SSSR count). The number of hydrogen-bond acceptors (Lipinski definition) is 4. The van der Waals surface area contributed by atoms with Crippen LogP contribution in [0.1, 0.15) is 16.8 Å². The summed E-state index contributed by atoms with van der Waals surface area (Å²) in [7, 11) is 0. The molecule has 1 fully saturated rings. The number of ether oxygens (including phenoxy) is 2. The molecule has 1 aliphatic rings. The van der Waals surface area contributed by atoms with Crippen LogP contribution in [0.5, 0.6) is 5.75 Å². The van der Waals surface area contributed by atoms with Crippen LogP contribution in [0.25, 0.3) is 0 Å². The fourth-order valence-electron chi connectivity index (χ4n) is 1.42. The number of hydrogen-bond donors (Lipinski definition) is 0. The standard InChI is InChI=1S/C11H9FO4/c12-8-5-7(6-13)1-2-9(8)16-10-3-4-15-11(10)14/h1-2,5-6,10H,3-4H2. The van der Waals surface area contributed by atoms with Gasteiger partial charge < -0.3 is 9.47 Å². The van der Waals surface area contributed by atoms with E-state index in [9.17, 15) is 14.0 Å². The first-order valence-corrected chi connectivity index (χ1v) is 4.79. The van der Waals surface area contributed by atoms with Crippen molar-refractivity contribution in [3.05, 3.63) is 29.6 Å². The molecule has 1 unspecified atom stereocenters. The molecule has 84 valence electrons. The molecule has 16 heavy (non-hydrogen) atoms. The van der Waals surface area contributed by atoms with E-state index in [0.29, 0.717) is 12.7 Å². The van der Waals surface area contributed by atoms with E-state index in [4.69, 9.17) is 4.74 Å². The maximum absolute atomic E-state index is 13.4. The Morgan fingerprint density at radius 2 is 2.31 bits per heavy atom. The zero-order valence-corrected chi connectivity index (χ0v) is 8.31. The van der Waals surface area contributed by atoms with Gasteiger partial charge in [0.15, 0.2) is 17.7 Å². The van der Waals surface area contributed by atoms with Crippen LogP contribution in [0, 0.1) is 5.82 Å². The van der Waals surface area contributed by atoms with Gasteiger partial charge in [-0.3, -0.25) is 4.79 Å². The first kappa shape index (κ1) is 10.6. The lowest BCUT2D eigenvalue weighted by molar-refractivity contribution is -0.143. The highest BCUT2D eigenvalue weighted by atomic mass is 19.1. The van der Waals surface area contributed by atoms with Crippen molar-refractivity contribution in [3.63, 3.8) is 0 Å². The predicted octanol–water partition coefficient (Wildman–Crippen LogP) is 1.33. The van der Waals surface area contributed by atoms with Gasteiger partial charge in [0.2, 0.25) is 0 Å². The molecule has 1 heterocycles. The van der Waals surface area contributed by atoms with Crippen LogP contribution < -0.4 is 4.74 Å². The first-order chi connectivity index (χ1) is 7.70. The highest BCUT2D eigenvalue weighted by Crippen LogP contribution is 2.21. The van der Waals surface area contributed by atoms with Gasteiger partial charge in [0, 0.05) is 12.0 Å². The number of esters is 1. The summed E-state index contributed by atoms with van der Waals surface area (Å²) in [6, 6.07) is 3.80. The van der Waals surface area contributed by atoms with Crippen LogP contribution in [0.4, 0.5) is 4.39 Å². The lowest BCUT2D eigenvalue weighted by Crippen LogP contribution is -2.22. The topological polar surface area (TPSA) is 52.6 Å². The van der Waals surface area contributed by atoms with E-state index in [0.717, 1.165) is 6.07 Å². The highest BCUT2D eigenvalue weighted by Gasteiger charge is 2.29. The maximum Gasteiger partial charge on any atom is 0.347 e. The number of aldehydes is 1. The minimum Gasteiger partial charge on any atom is -0.476 e. The van der Waals surface area contributed by atoms with Crippen molar-refractivity contribution in [2.24, 2.45) is 0 Å². The Balaban J connectivity index is 2.15. The number of carbonyl (C=O) groups is 2. The summed E-state index contributed by atoms with van der Waals surface area (Å²) in [6.07, 6.45) is 0.196. The molecule has 0 aromatic heterocycles. The van der Waals surface area contributed by atoms with Gasteiger partial charge in [0.1, 0.15) is 6.29 Å². The van der Waals surface area contributed by atoms with Gasteiger partial charge in [-0.1, -0.05) is 0 Å². The Labute approximate surface area is 91.0 Å². The van der Waals surface area contributed by atoms with Gasteiger partial charge in [-0.25, -0.2) is 9.18 Å². The molecule has 0 amide bonds. The van der Waals surface area contributed by atoms with E-state index in [1.807, 2.05) is 0 Å². The SMILES string of the molecule is O=Cc1ccc(OC2CCOC2=O)c(F)c1. The molecule has 0 spiro atoms. The molecule has 0 saturated carbocycles. The van der Waals surface area contributed by atoms with Crippen molar-refractivity contribution >= 4 is 12.3 Å². The molecular weight excluding hydrogens is 215 g/mol. The van der Waals surface area contributed by atoms with Gasteiger partial charge in [-0.05, 0) is 18.2 Å². The summed E-state index contributed by atoms with van der Waals surface area (Å²) in [5, 5.41) is 0. The number of carbonyl (C=O) groups excluding carboxylic acids is 2. The number of rotatable bonds is 3. The molecule has 1 atom stereocenters. The lowest BCUT2D eigenvalue weighted by Gasteiger charge is -2.10. The van der Waals surface area contributed by atoms with Crippen LogP contribution in [0.15, 0.2) is 18.2 Å². The number of benzene rings is 1. The fraction of sp³-hybridized carbons (Fsp3) is 0.273. The third-order valence-electron chi connectivity index (χ3n) is 2.25. The number of cyclic esters (lactones) is 1. The average molecular weight is 224 g/mol. The van der Waals surface area contributed by atoms with E-state index >= 15 is 0 Å². The van der Waals surface area contributed by atoms with Gasteiger partial charge in [0.05, 0.1) is 6.61 Å². The second-order valence-corrected chi connectivity index (χ2v) is 3.37. The smallest absolute Gasteiger partial charge is 0.347 e. The summed E-state index contributed by atoms with van der Waals surface area (Å²) >= 11 is 0. The molecule has 0 bridgehead atoms. The maximum atomic E-state index is 13.4. The fourth-order valence-corrected chi connectivity index (χ4v) is 1.42. The molecule has 0 radical (unpaired) electrons. The largest absolute Gasteiger partial charge is 0.476 e. The Bertz CT molecular complexity index is 430. The second-order valence-electron chi connectivity index (χ2n) is 3.37. The van der Waals surface area contributed by atoms with E-state index in [1.165, 1.54) is 12.1 Å².